The van der Waals surface area contributed by atoms with Crippen LogP contribution in [-0.4, -0.2) is 53.5 Å². The molecule has 9 heteroatoms. The lowest BCUT2D eigenvalue weighted by Crippen LogP contribution is -2.32. The number of hydrogen-bond acceptors (Lipinski definition) is 7. The van der Waals surface area contributed by atoms with E-state index in [0.29, 0.717) is 23.5 Å². The number of Topliss-reactive ketones (excluding diaryl/α,β-unsaturated/α-hetero) is 1. The van der Waals surface area contributed by atoms with E-state index in [-0.39, 0.29) is 30.2 Å². The van der Waals surface area contributed by atoms with Gasteiger partial charge >= 0.3 is 0 Å². The zero-order valence-corrected chi connectivity index (χ0v) is 17.8. The van der Waals surface area contributed by atoms with Crippen LogP contribution in [0, 0.1) is 10.1 Å². The number of aliphatic hydroxyl groups is 1. The predicted molar refractivity (Wildman–Crippen MR) is 116 cm³/mol. The number of carbonyl (C=O) groups excluding carboxylic acids is 2. The molecule has 0 radical (unpaired) electrons. The second kappa shape index (κ2) is 10.1. The van der Waals surface area contributed by atoms with Crippen molar-refractivity contribution in [3.05, 3.63) is 75.3 Å². The number of ether oxygens (including phenoxy) is 2. The molecule has 32 heavy (non-hydrogen) atoms. The van der Waals surface area contributed by atoms with Crippen LogP contribution in [0.5, 0.6) is 5.75 Å². The summed E-state index contributed by atoms with van der Waals surface area (Å²) >= 11 is 0. The van der Waals surface area contributed by atoms with Gasteiger partial charge in [0.25, 0.3) is 17.4 Å². The van der Waals surface area contributed by atoms with Crippen LogP contribution in [0.15, 0.2) is 54.1 Å². The van der Waals surface area contributed by atoms with Gasteiger partial charge in [-0.1, -0.05) is 19.1 Å². The van der Waals surface area contributed by atoms with E-state index in [9.17, 15) is 24.8 Å². The highest BCUT2D eigenvalue weighted by Crippen LogP contribution is 2.40. The van der Waals surface area contributed by atoms with Crippen molar-refractivity contribution in [3.8, 4) is 5.75 Å². The molecule has 3 rings (SSSR count). The van der Waals surface area contributed by atoms with Crippen LogP contribution >= 0.6 is 0 Å². The number of non-ortho nitro benzene ring substituents is 1. The average Bonchev–Trinajstić information content (AvgIpc) is 3.05. The van der Waals surface area contributed by atoms with Crippen molar-refractivity contribution in [2.24, 2.45) is 0 Å². The van der Waals surface area contributed by atoms with Gasteiger partial charge in [0.2, 0.25) is 0 Å². The topological polar surface area (TPSA) is 119 Å². The molecule has 0 aliphatic carbocycles. The number of aliphatic hydroxyl groups excluding tert-OH is 1. The van der Waals surface area contributed by atoms with Gasteiger partial charge in [0, 0.05) is 31.4 Å². The average molecular weight is 440 g/mol. The fourth-order valence-corrected chi connectivity index (χ4v) is 3.53. The van der Waals surface area contributed by atoms with Crippen LogP contribution in [0.25, 0.3) is 5.76 Å². The third kappa shape index (κ3) is 4.62. The summed E-state index contributed by atoms with van der Waals surface area (Å²) in [4.78, 5) is 37.5. The highest BCUT2D eigenvalue weighted by molar-refractivity contribution is 6.46. The normalized spacial score (nSPS) is 17.6. The van der Waals surface area contributed by atoms with Crippen molar-refractivity contribution < 1.29 is 29.1 Å². The number of rotatable bonds is 9. The van der Waals surface area contributed by atoms with Gasteiger partial charge in [-0.25, -0.2) is 0 Å². The first-order chi connectivity index (χ1) is 15.4. The first-order valence-electron chi connectivity index (χ1n) is 10.1. The minimum absolute atomic E-state index is 0.0902. The second-order valence-electron chi connectivity index (χ2n) is 7.21. The molecule has 1 aliphatic heterocycles. The Morgan fingerprint density at radius 1 is 1.16 bits per heavy atom. The molecule has 1 N–H and O–H groups in total. The van der Waals surface area contributed by atoms with Crippen molar-refractivity contribution in [1.82, 2.24) is 4.90 Å². The van der Waals surface area contributed by atoms with Gasteiger partial charge in [-0.3, -0.25) is 19.7 Å². The zero-order chi connectivity index (χ0) is 23.3. The van der Waals surface area contributed by atoms with Gasteiger partial charge in [-0.15, -0.1) is 0 Å². The second-order valence-corrected chi connectivity index (χ2v) is 7.21. The van der Waals surface area contributed by atoms with Gasteiger partial charge in [0.1, 0.15) is 11.5 Å². The maximum atomic E-state index is 12.9. The van der Waals surface area contributed by atoms with E-state index in [4.69, 9.17) is 9.47 Å². The molecule has 0 saturated carbocycles. The van der Waals surface area contributed by atoms with Crippen molar-refractivity contribution in [2.45, 2.75) is 19.4 Å². The maximum absolute atomic E-state index is 12.9. The third-order valence-electron chi connectivity index (χ3n) is 5.08. The molecule has 0 aromatic heterocycles. The minimum atomic E-state index is -0.911. The number of nitrogens with zero attached hydrogens (tertiary/aromatic N) is 2. The largest absolute Gasteiger partial charge is 0.507 e. The smallest absolute Gasteiger partial charge is 0.295 e. The monoisotopic (exact) mass is 440 g/mol. The van der Waals surface area contributed by atoms with E-state index in [0.717, 1.165) is 6.42 Å². The number of hydrogen-bond donors (Lipinski definition) is 1. The zero-order valence-electron chi connectivity index (χ0n) is 17.8. The van der Waals surface area contributed by atoms with E-state index in [1.807, 2.05) is 6.92 Å². The number of methoxy groups -OCH3 is 1. The van der Waals surface area contributed by atoms with Gasteiger partial charge in [0.15, 0.2) is 0 Å². The first-order valence-corrected chi connectivity index (χ1v) is 10.1. The Balaban J connectivity index is 2.10. The van der Waals surface area contributed by atoms with Gasteiger partial charge in [-0.05, 0) is 36.2 Å². The van der Waals surface area contributed by atoms with Crippen molar-refractivity contribution >= 4 is 23.1 Å². The molecule has 1 aliphatic rings. The molecule has 0 bridgehead atoms. The number of likely N-dealkylation sites (tertiary alicyclic amines) is 1. The molecule has 2 aromatic rings. The van der Waals surface area contributed by atoms with Gasteiger partial charge < -0.3 is 19.5 Å². The summed E-state index contributed by atoms with van der Waals surface area (Å²) in [5, 5.41) is 22.1. The van der Waals surface area contributed by atoms with E-state index >= 15 is 0 Å². The summed E-state index contributed by atoms with van der Waals surface area (Å²) in [7, 11) is 1.47. The standard InChI is InChI=1S/C23H24N2O7/c1-3-12-32-18-6-4-5-16(14-18)21(26)19-20(15-7-9-17(10-8-15)25(29)30)24(11-13-31-2)23(28)22(19)27/h4-10,14,20,26H,3,11-13H2,1-2H3/b21-19+. The first kappa shape index (κ1) is 23.0. The molecule has 9 nitrogen and oxygen atoms in total. The summed E-state index contributed by atoms with van der Waals surface area (Å²) in [5.41, 5.74) is 0.581. The summed E-state index contributed by atoms with van der Waals surface area (Å²) in [6.45, 7) is 2.75. The molecule has 1 saturated heterocycles. The lowest BCUT2D eigenvalue weighted by molar-refractivity contribution is -0.384. The van der Waals surface area contributed by atoms with Crippen LogP contribution in [-0.2, 0) is 14.3 Å². The Hall–Kier alpha value is -3.72. The molecule has 1 heterocycles. The molecule has 0 spiro atoms. The summed E-state index contributed by atoms with van der Waals surface area (Å²) in [5.74, 6) is -1.42. The van der Waals surface area contributed by atoms with Gasteiger partial charge in [-0.2, -0.15) is 0 Å². The van der Waals surface area contributed by atoms with Crippen molar-refractivity contribution in [1.29, 1.82) is 0 Å². The molecule has 1 unspecified atom stereocenters. The van der Waals surface area contributed by atoms with E-state index in [2.05, 4.69) is 0 Å². The molecule has 1 atom stereocenters. The molecule has 1 amide bonds. The predicted octanol–water partition coefficient (Wildman–Crippen LogP) is 3.45. The number of amides is 1. The van der Waals surface area contributed by atoms with E-state index in [1.54, 1.807) is 24.3 Å². The van der Waals surface area contributed by atoms with Crippen molar-refractivity contribution in [2.75, 3.05) is 26.9 Å². The fraction of sp³-hybridized carbons (Fsp3) is 0.304. The third-order valence-corrected chi connectivity index (χ3v) is 5.08. The maximum Gasteiger partial charge on any atom is 0.295 e. The highest BCUT2D eigenvalue weighted by atomic mass is 16.6. The van der Waals surface area contributed by atoms with Crippen LogP contribution in [0.3, 0.4) is 0 Å². The van der Waals surface area contributed by atoms with Gasteiger partial charge in [0.05, 0.1) is 29.8 Å². The van der Waals surface area contributed by atoms with Crippen LogP contribution in [0.2, 0.25) is 0 Å². The summed E-state index contributed by atoms with van der Waals surface area (Å²) in [6.07, 6.45) is 0.807. The Kier molecular flexibility index (Phi) is 7.21. The van der Waals surface area contributed by atoms with E-state index in [1.165, 1.54) is 36.3 Å². The van der Waals surface area contributed by atoms with Crippen molar-refractivity contribution in [3.63, 3.8) is 0 Å². The summed E-state index contributed by atoms with van der Waals surface area (Å²) in [6, 6.07) is 11.3. The fourth-order valence-electron chi connectivity index (χ4n) is 3.53. The van der Waals surface area contributed by atoms with Crippen LogP contribution in [0.1, 0.15) is 30.5 Å². The number of nitro benzene ring substituents is 1. The molecular weight excluding hydrogens is 416 g/mol. The Bertz CT molecular complexity index is 1050. The van der Waals surface area contributed by atoms with Crippen LogP contribution in [0.4, 0.5) is 5.69 Å². The van der Waals surface area contributed by atoms with E-state index < -0.39 is 22.7 Å². The van der Waals surface area contributed by atoms with Crippen LogP contribution < -0.4 is 4.74 Å². The molecule has 1 fully saturated rings. The summed E-state index contributed by atoms with van der Waals surface area (Å²) < 4.78 is 10.7. The Morgan fingerprint density at radius 2 is 1.88 bits per heavy atom. The Labute approximate surface area is 185 Å². The number of carbonyl (C=O) groups is 2. The molecule has 168 valence electrons. The SMILES string of the molecule is CCCOc1cccc(/C(O)=C2\C(=O)C(=O)N(CCOC)C2c2ccc([N+](=O)[O-])cc2)c1. The molecule has 2 aromatic carbocycles. The quantitative estimate of drug-likeness (QED) is 0.208. The molecular formula is C23H24N2O7. The lowest BCUT2D eigenvalue weighted by Gasteiger charge is -2.25. The Morgan fingerprint density at radius 3 is 2.50 bits per heavy atom. The lowest BCUT2D eigenvalue weighted by atomic mass is 9.95. The highest BCUT2D eigenvalue weighted by Gasteiger charge is 2.46. The number of ketones is 1. The number of benzene rings is 2. The number of nitro groups is 1. The minimum Gasteiger partial charge on any atom is -0.507 e.